The minimum absolute atomic E-state index is 0.129. The van der Waals surface area contributed by atoms with Crippen molar-refractivity contribution in [2.24, 2.45) is 5.92 Å². The molecule has 3 atom stereocenters. The molecule has 2 aliphatic carbocycles. The van der Waals surface area contributed by atoms with Crippen LogP contribution in [0, 0.1) is 12.8 Å². The molecule has 0 aromatic heterocycles. The summed E-state index contributed by atoms with van der Waals surface area (Å²) in [4.78, 5) is 0. The third-order valence-corrected chi connectivity index (χ3v) is 5.97. The highest BCUT2D eigenvalue weighted by Crippen LogP contribution is 2.57. The topological polar surface area (TPSA) is 49.7 Å². The van der Waals surface area contributed by atoms with E-state index in [0.29, 0.717) is 5.75 Å². The SMILES string of the molecule is Cc1ccc2c(c1)CCC21c2ccc(O)cc2OC2C=C(O)C=CC21. The number of aryl methyl sites for hydroxylation is 2. The Kier molecular flexibility index (Phi) is 2.88. The number of fused-ring (bicyclic) bond motifs is 6. The van der Waals surface area contributed by atoms with Crippen LogP contribution in [0.4, 0.5) is 0 Å². The van der Waals surface area contributed by atoms with Gasteiger partial charge in [0.05, 0.1) is 0 Å². The lowest BCUT2D eigenvalue weighted by Gasteiger charge is -2.46. The second-order valence-electron chi connectivity index (χ2n) is 7.37. The van der Waals surface area contributed by atoms with E-state index in [1.807, 2.05) is 6.07 Å². The van der Waals surface area contributed by atoms with Crippen molar-refractivity contribution >= 4 is 0 Å². The van der Waals surface area contributed by atoms with Crippen molar-refractivity contribution in [3.05, 3.63) is 82.6 Å². The molecule has 0 bridgehead atoms. The normalized spacial score (nSPS) is 28.8. The first-order valence-corrected chi connectivity index (χ1v) is 8.77. The predicted octanol–water partition coefficient (Wildman–Crippen LogP) is 4.32. The number of allylic oxidation sites excluding steroid dienone is 1. The molecule has 3 aliphatic rings. The fourth-order valence-corrected chi connectivity index (χ4v) is 4.95. The summed E-state index contributed by atoms with van der Waals surface area (Å²) < 4.78 is 6.16. The molecule has 2 aromatic carbocycles. The van der Waals surface area contributed by atoms with E-state index < -0.39 is 0 Å². The number of hydrogen-bond donors (Lipinski definition) is 2. The lowest BCUT2D eigenvalue weighted by molar-refractivity contribution is 0.119. The van der Waals surface area contributed by atoms with E-state index in [2.05, 4.69) is 31.2 Å². The van der Waals surface area contributed by atoms with Crippen LogP contribution in [0.1, 0.15) is 28.7 Å². The summed E-state index contributed by atoms with van der Waals surface area (Å²) in [6, 6.07) is 12.2. The molecule has 0 radical (unpaired) electrons. The van der Waals surface area contributed by atoms with Crippen LogP contribution in [-0.4, -0.2) is 16.3 Å². The van der Waals surface area contributed by atoms with Crippen LogP contribution in [0.2, 0.25) is 0 Å². The number of phenols is 1. The minimum Gasteiger partial charge on any atom is -0.508 e. The summed E-state index contributed by atoms with van der Waals surface area (Å²) >= 11 is 0. The molecule has 3 unspecified atom stereocenters. The van der Waals surface area contributed by atoms with Crippen LogP contribution in [0.25, 0.3) is 0 Å². The molecule has 0 fully saturated rings. The van der Waals surface area contributed by atoms with Crippen LogP contribution in [0.5, 0.6) is 11.5 Å². The van der Waals surface area contributed by atoms with Gasteiger partial charge < -0.3 is 14.9 Å². The molecule has 0 amide bonds. The molecule has 126 valence electrons. The Hall–Kier alpha value is -2.68. The number of phenolic OH excluding ortho intramolecular Hbond substituents is 1. The van der Waals surface area contributed by atoms with Crippen LogP contribution in [0.15, 0.2) is 60.4 Å². The second-order valence-corrected chi connectivity index (χ2v) is 7.37. The van der Waals surface area contributed by atoms with Gasteiger partial charge in [0.25, 0.3) is 0 Å². The van der Waals surface area contributed by atoms with E-state index in [1.165, 1.54) is 16.7 Å². The molecule has 3 heteroatoms. The standard InChI is InChI=1S/C22H20O3/c1-13-2-5-17-14(10-13)8-9-22(17)18-6-3-15(23)11-20(18)25-21-12-16(24)4-7-19(21)22/h2-7,10-12,18,20,23-24H,8-9H2,1H3. The second kappa shape index (κ2) is 4.92. The van der Waals surface area contributed by atoms with Crippen LogP contribution < -0.4 is 4.74 Å². The zero-order valence-electron chi connectivity index (χ0n) is 14.1. The number of aliphatic hydroxyl groups excluding tert-OH is 1. The van der Waals surface area contributed by atoms with E-state index in [1.54, 1.807) is 24.3 Å². The van der Waals surface area contributed by atoms with Crippen molar-refractivity contribution in [2.45, 2.75) is 31.3 Å². The van der Waals surface area contributed by atoms with Crippen molar-refractivity contribution in [2.75, 3.05) is 0 Å². The van der Waals surface area contributed by atoms with Crippen molar-refractivity contribution in [1.82, 2.24) is 0 Å². The number of aliphatic hydroxyl groups is 1. The Morgan fingerprint density at radius 2 is 1.92 bits per heavy atom. The first kappa shape index (κ1) is 14.6. The monoisotopic (exact) mass is 332 g/mol. The van der Waals surface area contributed by atoms with Crippen molar-refractivity contribution < 1.29 is 14.9 Å². The molecule has 1 heterocycles. The van der Waals surface area contributed by atoms with Gasteiger partial charge >= 0.3 is 0 Å². The Morgan fingerprint density at radius 1 is 1.08 bits per heavy atom. The van der Waals surface area contributed by atoms with E-state index in [9.17, 15) is 10.2 Å². The predicted molar refractivity (Wildman–Crippen MR) is 96.1 cm³/mol. The van der Waals surface area contributed by atoms with Crippen molar-refractivity contribution in [1.29, 1.82) is 0 Å². The zero-order valence-corrected chi connectivity index (χ0v) is 14.1. The lowest BCUT2D eigenvalue weighted by atomic mass is 9.62. The van der Waals surface area contributed by atoms with E-state index in [0.717, 1.165) is 18.4 Å². The molecule has 0 saturated heterocycles. The number of aromatic hydroxyl groups is 1. The maximum atomic E-state index is 9.96. The average molecular weight is 332 g/mol. The number of rotatable bonds is 0. The highest BCUT2D eigenvalue weighted by atomic mass is 16.5. The quantitative estimate of drug-likeness (QED) is 0.755. The van der Waals surface area contributed by atoms with Gasteiger partial charge in [-0.2, -0.15) is 0 Å². The van der Waals surface area contributed by atoms with Crippen LogP contribution in [-0.2, 0) is 11.8 Å². The summed E-state index contributed by atoms with van der Waals surface area (Å²) in [5.41, 5.74) is 4.98. The summed E-state index contributed by atoms with van der Waals surface area (Å²) in [6.07, 6.45) is 7.46. The van der Waals surface area contributed by atoms with Crippen molar-refractivity contribution in [3.8, 4) is 11.5 Å². The van der Waals surface area contributed by atoms with Gasteiger partial charge in [0, 0.05) is 23.0 Å². The molecule has 1 aliphatic heterocycles. The van der Waals surface area contributed by atoms with Gasteiger partial charge in [-0.15, -0.1) is 0 Å². The molecule has 0 saturated carbocycles. The van der Waals surface area contributed by atoms with E-state index >= 15 is 0 Å². The minimum atomic E-state index is -0.230. The summed E-state index contributed by atoms with van der Waals surface area (Å²) in [5.74, 6) is 1.29. The van der Waals surface area contributed by atoms with E-state index in [4.69, 9.17) is 4.74 Å². The fourth-order valence-electron chi connectivity index (χ4n) is 4.95. The lowest BCUT2D eigenvalue weighted by Crippen LogP contribution is -2.47. The third kappa shape index (κ3) is 1.92. The average Bonchev–Trinajstić information content (AvgIpc) is 2.93. The third-order valence-electron chi connectivity index (χ3n) is 5.97. The molecular formula is C22H20O3. The van der Waals surface area contributed by atoms with Gasteiger partial charge in [0.2, 0.25) is 0 Å². The van der Waals surface area contributed by atoms with Gasteiger partial charge in [0.1, 0.15) is 23.4 Å². The number of hydrogen-bond acceptors (Lipinski definition) is 3. The van der Waals surface area contributed by atoms with Crippen molar-refractivity contribution in [3.63, 3.8) is 0 Å². The maximum absolute atomic E-state index is 9.96. The Morgan fingerprint density at radius 3 is 2.80 bits per heavy atom. The van der Waals surface area contributed by atoms with Gasteiger partial charge in [-0.3, -0.25) is 0 Å². The van der Waals surface area contributed by atoms with Gasteiger partial charge in [-0.1, -0.05) is 35.9 Å². The summed E-state index contributed by atoms with van der Waals surface area (Å²) in [5, 5.41) is 19.9. The Balaban J connectivity index is 1.80. The molecular weight excluding hydrogens is 312 g/mol. The largest absolute Gasteiger partial charge is 0.508 e. The Labute approximate surface area is 146 Å². The van der Waals surface area contributed by atoms with Crippen LogP contribution in [0.3, 0.4) is 0 Å². The molecule has 2 aromatic rings. The van der Waals surface area contributed by atoms with Gasteiger partial charge in [-0.25, -0.2) is 0 Å². The van der Waals surface area contributed by atoms with Gasteiger partial charge in [0.15, 0.2) is 0 Å². The zero-order chi connectivity index (χ0) is 17.2. The van der Waals surface area contributed by atoms with E-state index in [-0.39, 0.29) is 28.9 Å². The summed E-state index contributed by atoms with van der Waals surface area (Å²) in [6.45, 7) is 2.13. The first-order chi connectivity index (χ1) is 12.1. The number of benzene rings is 2. The molecule has 3 nitrogen and oxygen atoms in total. The fraction of sp³-hybridized carbons (Fsp3) is 0.273. The van der Waals surface area contributed by atoms with Gasteiger partial charge in [-0.05, 0) is 49.1 Å². The summed E-state index contributed by atoms with van der Waals surface area (Å²) in [7, 11) is 0. The highest BCUT2D eigenvalue weighted by Gasteiger charge is 2.53. The molecule has 2 N–H and O–H groups in total. The molecule has 25 heavy (non-hydrogen) atoms. The first-order valence-electron chi connectivity index (χ1n) is 8.77. The molecule has 1 spiro atoms. The maximum Gasteiger partial charge on any atom is 0.128 e. The highest BCUT2D eigenvalue weighted by molar-refractivity contribution is 5.59. The van der Waals surface area contributed by atoms with Crippen LogP contribution >= 0.6 is 0 Å². The smallest absolute Gasteiger partial charge is 0.128 e. The Bertz CT molecular complexity index is 940. The molecule has 5 rings (SSSR count). The number of ether oxygens (including phenoxy) is 1.